The maximum Gasteiger partial charge on any atom is 0.433 e. The number of rotatable bonds is 4. The number of benzene rings is 1. The van der Waals surface area contributed by atoms with E-state index in [2.05, 4.69) is 15.8 Å². The van der Waals surface area contributed by atoms with E-state index in [0.717, 1.165) is 6.21 Å². The van der Waals surface area contributed by atoms with Gasteiger partial charge in [0, 0.05) is 5.69 Å². The van der Waals surface area contributed by atoms with Crippen molar-refractivity contribution in [1.82, 2.24) is 5.43 Å². The van der Waals surface area contributed by atoms with Crippen molar-refractivity contribution in [3.8, 4) is 0 Å². The summed E-state index contributed by atoms with van der Waals surface area (Å²) in [6.07, 6.45) is 1.16. The number of urea groups is 1. The number of hydrazone groups is 1. The molecule has 20 heavy (non-hydrogen) atoms. The number of carbonyl (C=O) groups is 1. The summed E-state index contributed by atoms with van der Waals surface area (Å²) < 4.78 is 4.83. The third-order valence-corrected chi connectivity index (χ3v) is 2.18. The SMILES string of the molecule is O=C(N/N=C/c1ccc([N+](=O)[O-])o1)Nc1ccccc1. The molecule has 0 aliphatic rings. The average molecular weight is 274 g/mol. The molecule has 2 amide bonds. The average Bonchev–Trinajstić information content (AvgIpc) is 2.89. The number of anilines is 1. The standard InChI is InChI=1S/C12H10N4O4/c17-12(14-9-4-2-1-3-5-9)15-13-8-10-6-7-11(20-10)16(18)19/h1-8H,(H2,14,15,17)/b13-8+. The Morgan fingerprint density at radius 3 is 2.65 bits per heavy atom. The summed E-state index contributed by atoms with van der Waals surface area (Å²) in [6.45, 7) is 0. The molecule has 0 saturated carbocycles. The molecule has 1 heterocycles. The van der Waals surface area contributed by atoms with Crippen LogP contribution in [-0.2, 0) is 0 Å². The van der Waals surface area contributed by atoms with Crippen molar-refractivity contribution < 1.29 is 14.1 Å². The number of nitrogens with zero attached hydrogens (tertiary/aromatic N) is 2. The third-order valence-electron chi connectivity index (χ3n) is 2.18. The Labute approximate surface area is 113 Å². The Morgan fingerprint density at radius 1 is 1.25 bits per heavy atom. The molecule has 1 aromatic heterocycles. The number of nitro groups is 1. The van der Waals surface area contributed by atoms with Crippen LogP contribution in [0, 0.1) is 10.1 Å². The Bertz CT molecular complexity index is 636. The summed E-state index contributed by atoms with van der Waals surface area (Å²) in [4.78, 5) is 21.2. The molecule has 0 atom stereocenters. The molecule has 8 nitrogen and oxygen atoms in total. The van der Waals surface area contributed by atoms with E-state index in [-0.39, 0.29) is 11.6 Å². The zero-order chi connectivity index (χ0) is 14.4. The summed E-state index contributed by atoms with van der Waals surface area (Å²) in [5, 5.41) is 16.5. The first kappa shape index (κ1) is 13.3. The fourth-order valence-electron chi connectivity index (χ4n) is 1.34. The van der Waals surface area contributed by atoms with Crippen LogP contribution in [0.15, 0.2) is 52.0 Å². The van der Waals surface area contributed by atoms with Gasteiger partial charge in [-0.1, -0.05) is 18.2 Å². The minimum atomic E-state index is -0.660. The van der Waals surface area contributed by atoms with Gasteiger partial charge in [0.15, 0.2) is 5.76 Å². The molecule has 8 heteroatoms. The molecule has 0 unspecified atom stereocenters. The number of furan rings is 1. The molecule has 2 N–H and O–H groups in total. The van der Waals surface area contributed by atoms with Gasteiger partial charge in [-0.05, 0) is 18.2 Å². The lowest BCUT2D eigenvalue weighted by Crippen LogP contribution is -2.24. The van der Waals surface area contributed by atoms with E-state index in [4.69, 9.17) is 4.42 Å². The maximum absolute atomic E-state index is 11.4. The lowest BCUT2D eigenvalue weighted by molar-refractivity contribution is -0.402. The quantitative estimate of drug-likeness (QED) is 0.506. The monoisotopic (exact) mass is 274 g/mol. The molecule has 2 aromatic rings. The highest BCUT2D eigenvalue weighted by Crippen LogP contribution is 2.13. The fourth-order valence-corrected chi connectivity index (χ4v) is 1.34. The second kappa shape index (κ2) is 6.14. The van der Waals surface area contributed by atoms with Gasteiger partial charge in [-0.3, -0.25) is 10.1 Å². The van der Waals surface area contributed by atoms with Gasteiger partial charge in [-0.25, -0.2) is 10.2 Å². The zero-order valence-corrected chi connectivity index (χ0v) is 10.1. The van der Waals surface area contributed by atoms with Crippen LogP contribution in [-0.4, -0.2) is 17.2 Å². The first-order chi connectivity index (χ1) is 9.65. The normalized spacial score (nSPS) is 10.4. The van der Waals surface area contributed by atoms with E-state index in [1.54, 1.807) is 24.3 Å². The van der Waals surface area contributed by atoms with E-state index in [1.165, 1.54) is 12.1 Å². The molecule has 0 aliphatic heterocycles. The minimum absolute atomic E-state index is 0.164. The molecule has 0 bridgehead atoms. The predicted octanol–water partition coefficient (Wildman–Crippen LogP) is 2.34. The van der Waals surface area contributed by atoms with Crippen molar-refractivity contribution in [1.29, 1.82) is 0 Å². The summed E-state index contributed by atoms with van der Waals surface area (Å²) in [5.41, 5.74) is 2.83. The summed E-state index contributed by atoms with van der Waals surface area (Å²) >= 11 is 0. The molecule has 0 spiro atoms. The number of hydrogen-bond donors (Lipinski definition) is 2. The summed E-state index contributed by atoms with van der Waals surface area (Å²) in [5.74, 6) is -0.225. The van der Waals surface area contributed by atoms with Crippen LogP contribution < -0.4 is 10.7 Å². The number of carbonyl (C=O) groups excluding carboxylic acids is 1. The smallest absolute Gasteiger partial charge is 0.400 e. The minimum Gasteiger partial charge on any atom is -0.400 e. The van der Waals surface area contributed by atoms with Crippen LogP contribution in [0.2, 0.25) is 0 Å². The van der Waals surface area contributed by atoms with E-state index in [1.807, 2.05) is 6.07 Å². The summed E-state index contributed by atoms with van der Waals surface area (Å²) in [6, 6.07) is 10.9. The molecule has 0 radical (unpaired) electrons. The molecule has 1 aromatic carbocycles. The van der Waals surface area contributed by atoms with Crippen LogP contribution in [0.25, 0.3) is 0 Å². The molecular weight excluding hydrogens is 264 g/mol. The van der Waals surface area contributed by atoms with Gasteiger partial charge < -0.3 is 9.73 Å². The molecule has 0 aliphatic carbocycles. The van der Waals surface area contributed by atoms with Crippen LogP contribution >= 0.6 is 0 Å². The van der Waals surface area contributed by atoms with E-state index in [9.17, 15) is 14.9 Å². The fraction of sp³-hybridized carbons (Fsp3) is 0. The van der Waals surface area contributed by atoms with Gasteiger partial charge in [0.2, 0.25) is 0 Å². The van der Waals surface area contributed by atoms with Gasteiger partial charge in [0.25, 0.3) is 0 Å². The Kier molecular flexibility index (Phi) is 4.07. The van der Waals surface area contributed by atoms with Gasteiger partial charge in [-0.2, -0.15) is 5.10 Å². The van der Waals surface area contributed by atoms with E-state index in [0.29, 0.717) is 5.69 Å². The van der Waals surface area contributed by atoms with Gasteiger partial charge >= 0.3 is 11.9 Å². The number of hydrogen-bond acceptors (Lipinski definition) is 5. The number of amides is 2. The highest BCUT2D eigenvalue weighted by molar-refractivity contribution is 5.90. The molecule has 102 valence electrons. The highest BCUT2D eigenvalue weighted by atomic mass is 16.6. The highest BCUT2D eigenvalue weighted by Gasteiger charge is 2.10. The predicted molar refractivity (Wildman–Crippen MR) is 71.6 cm³/mol. The first-order valence-corrected chi connectivity index (χ1v) is 5.54. The van der Waals surface area contributed by atoms with Crippen molar-refractivity contribution in [3.63, 3.8) is 0 Å². The van der Waals surface area contributed by atoms with Gasteiger partial charge in [-0.15, -0.1) is 0 Å². The zero-order valence-electron chi connectivity index (χ0n) is 10.1. The van der Waals surface area contributed by atoms with Crippen molar-refractivity contribution >= 4 is 23.8 Å². The number of para-hydroxylation sites is 1. The van der Waals surface area contributed by atoms with Crippen molar-refractivity contribution in [2.75, 3.05) is 5.32 Å². The van der Waals surface area contributed by atoms with Crippen LogP contribution in [0.4, 0.5) is 16.4 Å². The molecule has 0 saturated heterocycles. The van der Waals surface area contributed by atoms with Crippen molar-refractivity contribution in [2.45, 2.75) is 0 Å². The Morgan fingerprint density at radius 2 is 2.00 bits per heavy atom. The Balaban J connectivity index is 1.86. The third kappa shape index (κ3) is 3.67. The topological polar surface area (TPSA) is 110 Å². The van der Waals surface area contributed by atoms with Gasteiger partial charge in [0.1, 0.15) is 4.92 Å². The lowest BCUT2D eigenvalue weighted by atomic mass is 10.3. The molecular formula is C12H10N4O4. The lowest BCUT2D eigenvalue weighted by Gasteiger charge is -2.02. The van der Waals surface area contributed by atoms with Gasteiger partial charge in [0.05, 0.1) is 12.3 Å². The summed E-state index contributed by atoms with van der Waals surface area (Å²) in [7, 11) is 0. The first-order valence-electron chi connectivity index (χ1n) is 5.54. The molecule has 0 fully saturated rings. The van der Waals surface area contributed by atoms with Crippen LogP contribution in [0.3, 0.4) is 0 Å². The largest absolute Gasteiger partial charge is 0.433 e. The van der Waals surface area contributed by atoms with Crippen LogP contribution in [0.1, 0.15) is 5.76 Å². The molecule has 2 rings (SSSR count). The number of nitrogens with one attached hydrogen (secondary N) is 2. The maximum atomic E-state index is 11.4. The van der Waals surface area contributed by atoms with E-state index < -0.39 is 11.0 Å². The second-order valence-electron chi connectivity index (χ2n) is 3.62. The van der Waals surface area contributed by atoms with Crippen molar-refractivity contribution in [3.05, 3.63) is 58.3 Å². The second-order valence-corrected chi connectivity index (χ2v) is 3.62. The van der Waals surface area contributed by atoms with E-state index >= 15 is 0 Å². The Hall–Kier alpha value is -3.16. The van der Waals surface area contributed by atoms with Crippen LogP contribution in [0.5, 0.6) is 0 Å². The van der Waals surface area contributed by atoms with Crippen molar-refractivity contribution in [2.24, 2.45) is 5.10 Å².